The van der Waals surface area contributed by atoms with Gasteiger partial charge in [0.05, 0.1) is 11.2 Å². The molecule has 1 aromatic carbocycles. The average Bonchev–Trinajstić information content (AvgIpc) is 2.89. The molecule has 1 heterocycles. The standard InChI is InChI=1S/C13H12Cl3NS/c14-7-13(8-15,5-12-6-18-9-17-12)10-2-1-3-11(16)4-10/h1-4,6,9H,5,7-8H2. The van der Waals surface area contributed by atoms with E-state index in [4.69, 9.17) is 34.8 Å². The van der Waals surface area contributed by atoms with Crippen LogP contribution < -0.4 is 0 Å². The van der Waals surface area contributed by atoms with Gasteiger partial charge in [-0.3, -0.25) is 0 Å². The lowest BCUT2D eigenvalue weighted by atomic mass is 9.80. The van der Waals surface area contributed by atoms with Crippen molar-refractivity contribution >= 4 is 46.1 Å². The molecule has 0 radical (unpaired) electrons. The zero-order chi connectivity index (χ0) is 13.0. The molecule has 0 fully saturated rings. The van der Waals surface area contributed by atoms with Crippen LogP contribution >= 0.6 is 46.1 Å². The highest BCUT2D eigenvalue weighted by atomic mass is 35.5. The molecule has 0 atom stereocenters. The van der Waals surface area contributed by atoms with Gasteiger partial charge in [0, 0.05) is 34.0 Å². The van der Waals surface area contributed by atoms with E-state index in [2.05, 4.69) is 4.98 Å². The van der Waals surface area contributed by atoms with Crippen LogP contribution in [0.5, 0.6) is 0 Å². The lowest BCUT2D eigenvalue weighted by Crippen LogP contribution is -2.33. The summed E-state index contributed by atoms with van der Waals surface area (Å²) in [6.07, 6.45) is 0.726. The lowest BCUT2D eigenvalue weighted by molar-refractivity contribution is 0.530. The number of thiazole rings is 1. The van der Waals surface area contributed by atoms with Gasteiger partial charge < -0.3 is 0 Å². The van der Waals surface area contributed by atoms with Crippen LogP contribution in [0.15, 0.2) is 35.2 Å². The van der Waals surface area contributed by atoms with Crippen molar-refractivity contribution in [2.75, 3.05) is 11.8 Å². The number of benzene rings is 1. The number of halogens is 3. The van der Waals surface area contributed by atoms with Crippen molar-refractivity contribution in [3.63, 3.8) is 0 Å². The Labute approximate surface area is 126 Å². The summed E-state index contributed by atoms with van der Waals surface area (Å²) < 4.78 is 0. The van der Waals surface area contributed by atoms with Crippen molar-refractivity contribution in [3.05, 3.63) is 51.4 Å². The fourth-order valence-corrected chi connectivity index (χ4v) is 3.41. The Kier molecular flexibility index (Phi) is 4.91. The highest BCUT2D eigenvalue weighted by molar-refractivity contribution is 7.07. The SMILES string of the molecule is ClCC(CCl)(Cc1cscn1)c1cccc(Cl)c1. The fraction of sp³-hybridized carbons (Fsp3) is 0.308. The molecule has 2 rings (SSSR count). The molecule has 0 saturated heterocycles. The molecule has 0 spiro atoms. The first kappa shape index (κ1) is 14.1. The van der Waals surface area contributed by atoms with Crippen LogP contribution in [0.25, 0.3) is 0 Å². The Bertz CT molecular complexity index is 495. The summed E-state index contributed by atoms with van der Waals surface area (Å²) >= 11 is 20.0. The van der Waals surface area contributed by atoms with Gasteiger partial charge in [-0.1, -0.05) is 23.7 Å². The molecular formula is C13H12Cl3NS. The van der Waals surface area contributed by atoms with Gasteiger partial charge in [-0.15, -0.1) is 34.5 Å². The first-order valence-electron chi connectivity index (χ1n) is 5.45. The topological polar surface area (TPSA) is 12.9 Å². The van der Waals surface area contributed by atoms with Gasteiger partial charge >= 0.3 is 0 Å². The van der Waals surface area contributed by atoms with Gasteiger partial charge in [0.15, 0.2) is 0 Å². The van der Waals surface area contributed by atoms with Crippen LogP contribution in [0, 0.1) is 0 Å². The quantitative estimate of drug-likeness (QED) is 0.724. The zero-order valence-electron chi connectivity index (χ0n) is 9.57. The molecule has 0 saturated carbocycles. The fourth-order valence-electron chi connectivity index (χ4n) is 1.88. The van der Waals surface area contributed by atoms with E-state index in [1.165, 1.54) is 0 Å². The Morgan fingerprint density at radius 1 is 1.22 bits per heavy atom. The predicted octanol–water partition coefficient (Wildman–Crippen LogP) is 4.75. The summed E-state index contributed by atoms with van der Waals surface area (Å²) in [4.78, 5) is 4.31. The van der Waals surface area contributed by atoms with Crippen LogP contribution in [0.3, 0.4) is 0 Å². The summed E-state index contributed by atoms with van der Waals surface area (Å²) in [5.74, 6) is 0.878. The molecule has 1 nitrogen and oxygen atoms in total. The minimum Gasteiger partial charge on any atom is -0.250 e. The first-order chi connectivity index (χ1) is 8.70. The average molecular weight is 321 g/mol. The Hall–Kier alpha value is -0.280. The summed E-state index contributed by atoms with van der Waals surface area (Å²) in [5.41, 5.74) is 3.58. The van der Waals surface area contributed by atoms with E-state index in [1.54, 1.807) is 11.3 Å². The highest BCUT2D eigenvalue weighted by Crippen LogP contribution is 2.32. The minimum absolute atomic E-state index is 0.317. The second-order valence-electron chi connectivity index (χ2n) is 4.21. The largest absolute Gasteiger partial charge is 0.250 e. The second-order valence-corrected chi connectivity index (χ2v) is 5.90. The molecule has 0 aliphatic rings. The maximum atomic E-state index is 6.18. The highest BCUT2D eigenvalue weighted by Gasteiger charge is 2.31. The van der Waals surface area contributed by atoms with Gasteiger partial charge in [0.1, 0.15) is 0 Å². The Balaban J connectivity index is 2.37. The third kappa shape index (κ3) is 3.00. The molecule has 96 valence electrons. The molecule has 0 unspecified atom stereocenters. The predicted molar refractivity (Wildman–Crippen MR) is 80.4 cm³/mol. The maximum absolute atomic E-state index is 6.18. The maximum Gasteiger partial charge on any atom is 0.0794 e. The van der Waals surface area contributed by atoms with Crippen molar-refractivity contribution in [3.8, 4) is 0 Å². The zero-order valence-corrected chi connectivity index (χ0v) is 12.7. The summed E-state index contributed by atoms with van der Waals surface area (Å²) in [5, 5.41) is 2.73. The van der Waals surface area contributed by atoms with Gasteiger partial charge in [-0.2, -0.15) is 0 Å². The van der Waals surface area contributed by atoms with E-state index >= 15 is 0 Å². The summed E-state index contributed by atoms with van der Waals surface area (Å²) in [6, 6.07) is 7.72. The first-order valence-corrected chi connectivity index (χ1v) is 7.84. The normalized spacial score (nSPS) is 11.7. The van der Waals surface area contributed by atoms with Gasteiger partial charge in [0.25, 0.3) is 0 Å². The Morgan fingerprint density at radius 3 is 2.56 bits per heavy atom. The number of aromatic nitrogens is 1. The van der Waals surface area contributed by atoms with Crippen LogP contribution in [0.2, 0.25) is 5.02 Å². The molecule has 0 amide bonds. The third-order valence-corrected chi connectivity index (χ3v) is 4.85. The number of alkyl halides is 2. The minimum atomic E-state index is -0.317. The monoisotopic (exact) mass is 319 g/mol. The third-order valence-electron chi connectivity index (χ3n) is 2.95. The van der Waals surface area contributed by atoms with E-state index in [1.807, 2.05) is 35.2 Å². The molecule has 1 aromatic heterocycles. The van der Waals surface area contributed by atoms with Crippen LogP contribution in [-0.2, 0) is 11.8 Å². The second kappa shape index (κ2) is 6.25. The number of nitrogens with zero attached hydrogens (tertiary/aromatic N) is 1. The van der Waals surface area contributed by atoms with Gasteiger partial charge in [-0.05, 0) is 17.7 Å². The van der Waals surface area contributed by atoms with Crippen molar-refractivity contribution in [1.82, 2.24) is 4.98 Å². The Morgan fingerprint density at radius 2 is 2.00 bits per heavy atom. The molecular weight excluding hydrogens is 309 g/mol. The van der Waals surface area contributed by atoms with Crippen molar-refractivity contribution in [2.24, 2.45) is 0 Å². The molecule has 0 aliphatic carbocycles. The number of hydrogen-bond donors (Lipinski definition) is 0. The molecule has 0 aliphatic heterocycles. The smallest absolute Gasteiger partial charge is 0.0794 e. The van der Waals surface area contributed by atoms with E-state index in [0.717, 1.165) is 17.7 Å². The molecule has 0 N–H and O–H groups in total. The van der Waals surface area contributed by atoms with Crippen molar-refractivity contribution < 1.29 is 0 Å². The van der Waals surface area contributed by atoms with Crippen molar-refractivity contribution in [1.29, 1.82) is 0 Å². The molecule has 5 heteroatoms. The number of hydrogen-bond acceptors (Lipinski definition) is 2. The molecule has 0 bridgehead atoms. The number of rotatable bonds is 5. The lowest BCUT2D eigenvalue weighted by Gasteiger charge is -2.29. The molecule has 18 heavy (non-hydrogen) atoms. The summed E-state index contributed by atoms with van der Waals surface area (Å²) in [7, 11) is 0. The van der Waals surface area contributed by atoms with Gasteiger partial charge in [-0.25, -0.2) is 4.98 Å². The summed E-state index contributed by atoms with van der Waals surface area (Å²) in [6.45, 7) is 0. The molecule has 2 aromatic rings. The van der Waals surface area contributed by atoms with E-state index in [0.29, 0.717) is 16.8 Å². The van der Waals surface area contributed by atoms with Crippen LogP contribution in [0.4, 0.5) is 0 Å². The van der Waals surface area contributed by atoms with E-state index < -0.39 is 0 Å². The van der Waals surface area contributed by atoms with Crippen molar-refractivity contribution in [2.45, 2.75) is 11.8 Å². The van der Waals surface area contributed by atoms with Crippen LogP contribution in [0.1, 0.15) is 11.3 Å². The van der Waals surface area contributed by atoms with Gasteiger partial charge in [0.2, 0.25) is 0 Å². The van der Waals surface area contributed by atoms with E-state index in [9.17, 15) is 0 Å². The van der Waals surface area contributed by atoms with E-state index in [-0.39, 0.29) is 5.41 Å². The van der Waals surface area contributed by atoms with Crippen LogP contribution in [-0.4, -0.2) is 16.7 Å².